The summed E-state index contributed by atoms with van der Waals surface area (Å²) in [7, 11) is 0. The van der Waals surface area contributed by atoms with Gasteiger partial charge < -0.3 is 0 Å². The molecule has 0 spiro atoms. The van der Waals surface area contributed by atoms with Gasteiger partial charge in [0.2, 0.25) is 0 Å². The minimum Gasteiger partial charge on any atom is -0.289 e. The molecule has 0 aliphatic carbocycles. The lowest BCUT2D eigenvalue weighted by molar-refractivity contribution is 0.103. The van der Waals surface area contributed by atoms with Gasteiger partial charge in [0.25, 0.3) is 0 Å². The first kappa shape index (κ1) is 21.7. The first-order valence-electron chi connectivity index (χ1n) is 12.0. The molecular weight excluding hydrogens is 440 g/mol. The van der Waals surface area contributed by atoms with Crippen molar-refractivity contribution < 1.29 is 9.59 Å². The van der Waals surface area contributed by atoms with Crippen LogP contribution in [0.5, 0.6) is 0 Å². The standard InChI is InChI=1S/C34H22O2/c35-33(23-11-3-1-4-12-23)31-21-19-29(25-15-7-9-17-27(25)31)30-20-22-32(28-18-10-8-16-26(28)30)34(36)24-13-5-2-6-14-24/h1-22H. The summed E-state index contributed by atoms with van der Waals surface area (Å²) in [5.74, 6) is 0.0130. The third kappa shape index (κ3) is 3.70. The van der Waals surface area contributed by atoms with Gasteiger partial charge in [0.1, 0.15) is 0 Å². The lowest BCUT2D eigenvalue weighted by atomic mass is 9.88. The number of fused-ring (bicyclic) bond motifs is 2. The van der Waals surface area contributed by atoms with E-state index in [4.69, 9.17) is 0 Å². The van der Waals surface area contributed by atoms with Gasteiger partial charge in [-0.15, -0.1) is 0 Å². The van der Waals surface area contributed by atoms with Crippen LogP contribution in [0.25, 0.3) is 32.7 Å². The highest BCUT2D eigenvalue weighted by Gasteiger charge is 2.18. The Morgan fingerprint density at radius 3 is 1.06 bits per heavy atom. The molecule has 2 heteroatoms. The molecule has 0 atom stereocenters. The lowest BCUT2D eigenvalue weighted by Gasteiger charge is -2.15. The summed E-state index contributed by atoms with van der Waals surface area (Å²) >= 11 is 0. The van der Waals surface area contributed by atoms with Gasteiger partial charge in [-0.05, 0) is 44.8 Å². The van der Waals surface area contributed by atoms with E-state index in [1.165, 1.54) is 0 Å². The average Bonchev–Trinajstić information content (AvgIpc) is 2.96. The molecule has 0 amide bonds. The van der Waals surface area contributed by atoms with Crippen LogP contribution in [-0.2, 0) is 0 Å². The Bertz CT molecular complexity index is 1620. The highest BCUT2D eigenvalue weighted by Crippen LogP contribution is 2.37. The predicted molar refractivity (Wildman–Crippen MR) is 147 cm³/mol. The number of hydrogen-bond acceptors (Lipinski definition) is 2. The van der Waals surface area contributed by atoms with Crippen LogP contribution < -0.4 is 0 Å². The predicted octanol–water partition coefficient (Wildman–Crippen LogP) is 8.12. The van der Waals surface area contributed by atoms with Gasteiger partial charge >= 0.3 is 0 Å². The molecule has 0 fully saturated rings. The molecule has 170 valence electrons. The van der Waals surface area contributed by atoms with Gasteiger partial charge in [-0.2, -0.15) is 0 Å². The highest BCUT2D eigenvalue weighted by atomic mass is 16.1. The molecule has 0 N–H and O–H groups in total. The minimum absolute atomic E-state index is 0.00649. The molecule has 0 aliphatic rings. The van der Waals surface area contributed by atoms with E-state index < -0.39 is 0 Å². The van der Waals surface area contributed by atoms with E-state index in [1.807, 2.05) is 121 Å². The number of rotatable bonds is 5. The summed E-state index contributed by atoms with van der Waals surface area (Å²) in [5.41, 5.74) is 4.77. The highest BCUT2D eigenvalue weighted by molar-refractivity contribution is 6.21. The topological polar surface area (TPSA) is 34.1 Å². The second-order valence-corrected chi connectivity index (χ2v) is 8.80. The Morgan fingerprint density at radius 2 is 0.667 bits per heavy atom. The van der Waals surface area contributed by atoms with Gasteiger partial charge in [-0.25, -0.2) is 0 Å². The van der Waals surface area contributed by atoms with Crippen molar-refractivity contribution in [1.29, 1.82) is 0 Å². The van der Waals surface area contributed by atoms with E-state index in [0.717, 1.165) is 32.7 Å². The van der Waals surface area contributed by atoms with Crippen LogP contribution in [0.3, 0.4) is 0 Å². The molecule has 0 saturated heterocycles. The van der Waals surface area contributed by atoms with Gasteiger partial charge in [0, 0.05) is 22.3 Å². The Balaban J connectivity index is 1.54. The number of carbonyl (C=O) groups excluding carboxylic acids is 2. The van der Waals surface area contributed by atoms with Crippen LogP contribution in [0.15, 0.2) is 133 Å². The molecule has 0 aromatic heterocycles. The van der Waals surface area contributed by atoms with E-state index in [1.54, 1.807) is 0 Å². The Morgan fingerprint density at radius 1 is 0.333 bits per heavy atom. The van der Waals surface area contributed by atoms with E-state index in [-0.39, 0.29) is 11.6 Å². The summed E-state index contributed by atoms with van der Waals surface area (Å²) in [6.07, 6.45) is 0. The van der Waals surface area contributed by atoms with Crippen molar-refractivity contribution in [2.24, 2.45) is 0 Å². The molecular formula is C34H22O2. The van der Waals surface area contributed by atoms with Crippen LogP contribution in [-0.4, -0.2) is 11.6 Å². The van der Waals surface area contributed by atoms with Gasteiger partial charge in [0.15, 0.2) is 11.6 Å². The molecule has 0 saturated carbocycles. The normalized spacial score (nSPS) is 11.0. The second kappa shape index (κ2) is 9.09. The molecule has 6 aromatic rings. The summed E-state index contributed by atoms with van der Waals surface area (Å²) in [6.45, 7) is 0. The van der Waals surface area contributed by atoms with Crippen LogP contribution in [0.4, 0.5) is 0 Å². The SMILES string of the molecule is O=C(c1ccccc1)c1ccc(-c2ccc(C(=O)c3ccccc3)c3ccccc23)c2ccccc12. The second-order valence-electron chi connectivity index (χ2n) is 8.80. The Labute approximate surface area is 209 Å². The van der Waals surface area contributed by atoms with Crippen LogP contribution >= 0.6 is 0 Å². The maximum Gasteiger partial charge on any atom is 0.193 e. The average molecular weight is 463 g/mol. The van der Waals surface area contributed by atoms with Gasteiger partial charge in [0.05, 0.1) is 0 Å². The van der Waals surface area contributed by atoms with Crippen molar-refractivity contribution in [2.45, 2.75) is 0 Å². The molecule has 0 aliphatic heterocycles. The maximum atomic E-state index is 13.3. The van der Waals surface area contributed by atoms with E-state index in [2.05, 4.69) is 12.1 Å². The molecule has 0 radical (unpaired) electrons. The number of benzene rings is 6. The van der Waals surface area contributed by atoms with Crippen molar-refractivity contribution in [3.63, 3.8) is 0 Å². The molecule has 36 heavy (non-hydrogen) atoms. The fraction of sp³-hybridized carbons (Fsp3) is 0. The maximum absolute atomic E-state index is 13.3. The fourth-order valence-electron chi connectivity index (χ4n) is 4.95. The number of hydrogen-bond donors (Lipinski definition) is 0. The van der Waals surface area contributed by atoms with Crippen molar-refractivity contribution in [2.75, 3.05) is 0 Å². The van der Waals surface area contributed by atoms with E-state index >= 15 is 0 Å². The molecule has 2 nitrogen and oxygen atoms in total. The molecule has 6 rings (SSSR count). The molecule has 0 unspecified atom stereocenters. The van der Waals surface area contributed by atoms with Gasteiger partial charge in [-0.1, -0.05) is 121 Å². The summed E-state index contributed by atoms with van der Waals surface area (Å²) in [4.78, 5) is 26.7. The molecule has 6 aromatic carbocycles. The zero-order chi connectivity index (χ0) is 24.5. The van der Waals surface area contributed by atoms with E-state index in [0.29, 0.717) is 22.3 Å². The zero-order valence-corrected chi connectivity index (χ0v) is 19.5. The summed E-state index contributed by atoms with van der Waals surface area (Å²) in [6, 6.07) is 42.7. The minimum atomic E-state index is 0.00649. The number of carbonyl (C=O) groups is 2. The van der Waals surface area contributed by atoms with Crippen LogP contribution in [0.1, 0.15) is 31.8 Å². The van der Waals surface area contributed by atoms with E-state index in [9.17, 15) is 9.59 Å². The lowest BCUT2D eigenvalue weighted by Crippen LogP contribution is -2.03. The first-order valence-corrected chi connectivity index (χ1v) is 12.0. The Kier molecular flexibility index (Phi) is 5.48. The first-order chi connectivity index (χ1) is 17.7. The zero-order valence-electron chi connectivity index (χ0n) is 19.5. The van der Waals surface area contributed by atoms with Crippen molar-refractivity contribution in [3.8, 4) is 11.1 Å². The van der Waals surface area contributed by atoms with Gasteiger partial charge in [-0.3, -0.25) is 9.59 Å². The van der Waals surface area contributed by atoms with Crippen LogP contribution in [0.2, 0.25) is 0 Å². The van der Waals surface area contributed by atoms with Crippen molar-refractivity contribution in [1.82, 2.24) is 0 Å². The number of ketones is 2. The van der Waals surface area contributed by atoms with Crippen LogP contribution in [0, 0.1) is 0 Å². The quantitative estimate of drug-likeness (QED) is 0.242. The molecule has 0 bridgehead atoms. The summed E-state index contributed by atoms with van der Waals surface area (Å²) < 4.78 is 0. The van der Waals surface area contributed by atoms with Crippen molar-refractivity contribution >= 4 is 33.1 Å². The largest absolute Gasteiger partial charge is 0.289 e. The third-order valence-electron chi connectivity index (χ3n) is 6.70. The summed E-state index contributed by atoms with van der Waals surface area (Å²) in [5, 5.41) is 3.84. The fourth-order valence-corrected chi connectivity index (χ4v) is 4.95. The smallest absolute Gasteiger partial charge is 0.193 e. The molecule has 0 heterocycles. The third-order valence-corrected chi connectivity index (χ3v) is 6.70. The monoisotopic (exact) mass is 462 g/mol. The van der Waals surface area contributed by atoms with Crippen molar-refractivity contribution in [3.05, 3.63) is 156 Å². The Hall–Kier alpha value is -4.82.